The Morgan fingerprint density at radius 3 is 2.89 bits per heavy atom. The van der Waals surface area contributed by atoms with Gasteiger partial charge in [-0.25, -0.2) is 0 Å². The molecule has 2 aliphatic heterocycles. The molecule has 6 nitrogen and oxygen atoms in total. The number of nitrogens with zero attached hydrogens (tertiary/aromatic N) is 2. The zero-order valence-corrected chi connectivity index (χ0v) is 17.2. The van der Waals surface area contributed by atoms with Crippen LogP contribution in [0.3, 0.4) is 0 Å². The Balaban J connectivity index is 1.32. The van der Waals surface area contributed by atoms with Crippen LogP contribution in [0.2, 0.25) is 0 Å². The van der Waals surface area contributed by atoms with Gasteiger partial charge in [-0.2, -0.15) is 0 Å². The van der Waals surface area contributed by atoms with Crippen LogP contribution < -0.4 is 15.5 Å². The number of aliphatic imine (C=N–C) groups is 1. The average molecular weight is 389 g/mol. The topological polar surface area (TPSA) is 58.1 Å². The van der Waals surface area contributed by atoms with E-state index >= 15 is 0 Å². The molecule has 0 radical (unpaired) electrons. The molecule has 0 aliphatic carbocycles. The third-order valence-electron chi connectivity index (χ3n) is 5.39. The van der Waals surface area contributed by atoms with Gasteiger partial charge in [0.15, 0.2) is 5.96 Å². The zero-order chi connectivity index (χ0) is 19.4. The minimum atomic E-state index is 0.591. The molecule has 28 heavy (non-hydrogen) atoms. The third-order valence-corrected chi connectivity index (χ3v) is 5.39. The molecule has 2 heterocycles. The van der Waals surface area contributed by atoms with E-state index in [4.69, 9.17) is 14.5 Å². The normalized spacial score (nSPS) is 22.6. The number of anilines is 1. The number of rotatable bonds is 10. The van der Waals surface area contributed by atoms with Gasteiger partial charge in [-0.05, 0) is 44.2 Å². The lowest BCUT2D eigenvalue weighted by Crippen LogP contribution is -2.38. The molecule has 3 rings (SSSR count). The number of guanidine groups is 1. The molecule has 2 unspecified atom stereocenters. The summed E-state index contributed by atoms with van der Waals surface area (Å²) in [4.78, 5) is 7.28. The molecule has 0 bridgehead atoms. The molecule has 0 saturated carbocycles. The number of hydrogen-bond acceptors (Lipinski definition) is 4. The van der Waals surface area contributed by atoms with Crippen LogP contribution in [0.5, 0.6) is 0 Å². The van der Waals surface area contributed by atoms with Crippen molar-refractivity contribution in [3.8, 4) is 0 Å². The van der Waals surface area contributed by atoms with Crippen LogP contribution >= 0.6 is 0 Å². The maximum atomic E-state index is 5.77. The van der Waals surface area contributed by atoms with Gasteiger partial charge < -0.3 is 25.0 Å². The fraction of sp³-hybridized carbons (Fsp3) is 0.682. The van der Waals surface area contributed by atoms with E-state index in [2.05, 4.69) is 52.8 Å². The lowest BCUT2D eigenvalue weighted by molar-refractivity contribution is 0.0888. The molecule has 2 saturated heterocycles. The van der Waals surface area contributed by atoms with Gasteiger partial charge in [-0.3, -0.25) is 4.99 Å². The maximum absolute atomic E-state index is 5.77. The van der Waals surface area contributed by atoms with E-state index in [0.29, 0.717) is 11.8 Å². The molecule has 2 atom stereocenters. The van der Waals surface area contributed by atoms with Crippen LogP contribution in [0.25, 0.3) is 0 Å². The maximum Gasteiger partial charge on any atom is 0.191 e. The van der Waals surface area contributed by atoms with Gasteiger partial charge in [0.1, 0.15) is 0 Å². The van der Waals surface area contributed by atoms with Crippen LogP contribution in [0.1, 0.15) is 26.2 Å². The molecule has 0 amide bonds. The summed E-state index contributed by atoms with van der Waals surface area (Å²) < 4.78 is 11.1. The molecule has 2 fully saturated rings. The highest BCUT2D eigenvalue weighted by molar-refractivity contribution is 5.79. The Hall–Kier alpha value is -1.79. The highest BCUT2D eigenvalue weighted by Crippen LogP contribution is 2.23. The van der Waals surface area contributed by atoms with Crippen molar-refractivity contribution in [1.82, 2.24) is 10.6 Å². The molecule has 1 aromatic carbocycles. The van der Waals surface area contributed by atoms with Crippen LogP contribution in [0.4, 0.5) is 5.69 Å². The highest BCUT2D eigenvalue weighted by Gasteiger charge is 2.22. The molecule has 156 valence electrons. The lowest BCUT2D eigenvalue weighted by Gasteiger charge is -2.18. The second-order valence-corrected chi connectivity index (χ2v) is 7.74. The van der Waals surface area contributed by atoms with Gasteiger partial charge in [0.05, 0.1) is 13.2 Å². The van der Waals surface area contributed by atoms with Gasteiger partial charge in [0.25, 0.3) is 0 Å². The Bertz CT molecular complexity index is 575. The highest BCUT2D eigenvalue weighted by atomic mass is 16.5. The Morgan fingerprint density at radius 1 is 1.21 bits per heavy atom. The molecule has 6 heteroatoms. The molecular weight excluding hydrogens is 352 g/mol. The molecule has 2 aliphatic rings. The second-order valence-electron chi connectivity index (χ2n) is 7.74. The summed E-state index contributed by atoms with van der Waals surface area (Å²) in [6.07, 6.45) is 3.33. The van der Waals surface area contributed by atoms with Crippen molar-refractivity contribution >= 4 is 11.6 Å². The fourth-order valence-electron chi connectivity index (χ4n) is 3.76. The van der Waals surface area contributed by atoms with Crippen molar-refractivity contribution in [3.05, 3.63) is 30.3 Å². The predicted molar refractivity (Wildman–Crippen MR) is 115 cm³/mol. The smallest absolute Gasteiger partial charge is 0.191 e. The SMILES string of the molecule is CCNC(=NCC1CCN(c2ccccc2)C1)NCCCOCC1CCOC1. The van der Waals surface area contributed by atoms with E-state index in [0.717, 1.165) is 78.0 Å². The minimum absolute atomic E-state index is 0.591. The summed E-state index contributed by atoms with van der Waals surface area (Å²) in [6.45, 7) is 10.3. The van der Waals surface area contributed by atoms with E-state index in [1.54, 1.807) is 0 Å². The second kappa shape index (κ2) is 11.9. The van der Waals surface area contributed by atoms with Crippen LogP contribution in [-0.2, 0) is 9.47 Å². The number of para-hydroxylation sites is 1. The monoisotopic (exact) mass is 388 g/mol. The zero-order valence-electron chi connectivity index (χ0n) is 17.2. The Kier molecular flexibility index (Phi) is 8.91. The largest absolute Gasteiger partial charge is 0.381 e. The van der Waals surface area contributed by atoms with Crippen molar-refractivity contribution in [2.24, 2.45) is 16.8 Å². The van der Waals surface area contributed by atoms with E-state index in [-0.39, 0.29) is 0 Å². The van der Waals surface area contributed by atoms with Gasteiger partial charge in [-0.15, -0.1) is 0 Å². The Labute approximate surface area is 169 Å². The standard InChI is InChI=1S/C22H36N4O2/c1-2-23-22(24-11-6-13-27-17-20-10-14-28-18-20)25-15-19-9-12-26(16-19)21-7-4-3-5-8-21/h3-5,7-8,19-20H,2,6,9-18H2,1H3,(H2,23,24,25). The van der Waals surface area contributed by atoms with Gasteiger partial charge in [0.2, 0.25) is 0 Å². The van der Waals surface area contributed by atoms with Crippen LogP contribution in [0, 0.1) is 11.8 Å². The summed E-state index contributed by atoms with van der Waals surface area (Å²) in [6, 6.07) is 10.7. The van der Waals surface area contributed by atoms with Crippen LogP contribution in [0.15, 0.2) is 35.3 Å². The molecule has 0 aromatic heterocycles. The first-order valence-electron chi connectivity index (χ1n) is 10.8. The fourth-order valence-corrected chi connectivity index (χ4v) is 3.76. The third kappa shape index (κ3) is 6.99. The quantitative estimate of drug-likeness (QED) is 0.366. The number of benzene rings is 1. The number of hydrogen-bond donors (Lipinski definition) is 2. The molecular formula is C22H36N4O2. The van der Waals surface area contributed by atoms with Crippen molar-refractivity contribution in [3.63, 3.8) is 0 Å². The van der Waals surface area contributed by atoms with Crippen molar-refractivity contribution in [2.75, 3.05) is 64.1 Å². The van der Waals surface area contributed by atoms with Crippen molar-refractivity contribution in [2.45, 2.75) is 26.2 Å². The number of ether oxygens (including phenoxy) is 2. The molecule has 1 aromatic rings. The number of nitrogens with one attached hydrogen (secondary N) is 2. The Morgan fingerprint density at radius 2 is 2.11 bits per heavy atom. The van der Waals surface area contributed by atoms with Gasteiger partial charge >= 0.3 is 0 Å². The summed E-state index contributed by atoms with van der Waals surface area (Å²) in [5.74, 6) is 2.13. The molecule has 0 spiro atoms. The van der Waals surface area contributed by atoms with E-state index < -0.39 is 0 Å². The first-order chi connectivity index (χ1) is 13.8. The summed E-state index contributed by atoms with van der Waals surface area (Å²) >= 11 is 0. The lowest BCUT2D eigenvalue weighted by atomic mass is 10.1. The summed E-state index contributed by atoms with van der Waals surface area (Å²) in [7, 11) is 0. The van der Waals surface area contributed by atoms with Crippen LogP contribution in [-0.4, -0.2) is 65.1 Å². The summed E-state index contributed by atoms with van der Waals surface area (Å²) in [5.41, 5.74) is 1.32. The summed E-state index contributed by atoms with van der Waals surface area (Å²) in [5, 5.41) is 6.79. The van der Waals surface area contributed by atoms with Gasteiger partial charge in [0, 0.05) is 57.5 Å². The van der Waals surface area contributed by atoms with E-state index in [1.165, 1.54) is 12.1 Å². The average Bonchev–Trinajstić information content (AvgIpc) is 3.41. The van der Waals surface area contributed by atoms with E-state index in [9.17, 15) is 0 Å². The first kappa shape index (κ1) is 20.9. The van der Waals surface area contributed by atoms with E-state index in [1.807, 2.05) is 0 Å². The molecule has 2 N–H and O–H groups in total. The van der Waals surface area contributed by atoms with Crippen molar-refractivity contribution in [1.29, 1.82) is 0 Å². The predicted octanol–water partition coefficient (Wildman–Crippen LogP) is 2.51. The first-order valence-corrected chi connectivity index (χ1v) is 10.8. The van der Waals surface area contributed by atoms with Crippen molar-refractivity contribution < 1.29 is 9.47 Å². The minimum Gasteiger partial charge on any atom is -0.381 e. The van der Waals surface area contributed by atoms with Gasteiger partial charge in [-0.1, -0.05) is 18.2 Å².